The van der Waals surface area contributed by atoms with E-state index < -0.39 is 0 Å². The summed E-state index contributed by atoms with van der Waals surface area (Å²) in [4.78, 5) is 2.23. The van der Waals surface area contributed by atoms with E-state index in [-0.39, 0.29) is 11.9 Å². The van der Waals surface area contributed by atoms with Crippen molar-refractivity contribution in [2.24, 2.45) is 5.73 Å². The van der Waals surface area contributed by atoms with E-state index in [1.807, 2.05) is 6.07 Å². The molecule has 0 aliphatic rings. The molecule has 0 aliphatic heterocycles. The third-order valence-electron chi connectivity index (χ3n) is 3.62. The number of ether oxygens (including phenoxy) is 2. The molecule has 1 rings (SSSR count). The van der Waals surface area contributed by atoms with Gasteiger partial charge in [-0.2, -0.15) is 0 Å². The fraction of sp³-hybridized carbons (Fsp3) is 0.625. The Kier molecular flexibility index (Phi) is 8.45. The first-order chi connectivity index (χ1) is 10.1. The molecule has 4 nitrogen and oxygen atoms in total. The van der Waals surface area contributed by atoms with Crippen LogP contribution in [0.25, 0.3) is 0 Å². The van der Waals surface area contributed by atoms with Crippen LogP contribution in [0.5, 0.6) is 0 Å². The Hall–Kier alpha value is -1.01. The molecule has 1 aromatic carbocycles. The molecule has 0 aromatic heterocycles. The van der Waals surface area contributed by atoms with Crippen LogP contribution in [0, 0.1) is 12.7 Å². The summed E-state index contributed by atoms with van der Waals surface area (Å²) >= 11 is 0. The molecule has 5 heteroatoms. The van der Waals surface area contributed by atoms with Crippen molar-refractivity contribution in [1.29, 1.82) is 0 Å². The van der Waals surface area contributed by atoms with Gasteiger partial charge < -0.3 is 15.2 Å². The van der Waals surface area contributed by atoms with E-state index in [9.17, 15) is 4.39 Å². The zero-order valence-electron chi connectivity index (χ0n) is 13.3. The van der Waals surface area contributed by atoms with Gasteiger partial charge in [0.25, 0.3) is 0 Å². The molecular weight excluding hydrogens is 271 g/mol. The Balaban J connectivity index is 2.84. The molecule has 0 heterocycles. The summed E-state index contributed by atoms with van der Waals surface area (Å²) in [5.41, 5.74) is 7.50. The first-order valence-corrected chi connectivity index (χ1v) is 7.32. The molecule has 1 unspecified atom stereocenters. The maximum Gasteiger partial charge on any atom is 0.126 e. The Morgan fingerprint density at radius 3 is 2.48 bits per heavy atom. The Morgan fingerprint density at radius 2 is 1.90 bits per heavy atom. The van der Waals surface area contributed by atoms with Gasteiger partial charge in [-0.05, 0) is 30.5 Å². The van der Waals surface area contributed by atoms with Crippen molar-refractivity contribution >= 4 is 0 Å². The van der Waals surface area contributed by atoms with Crippen molar-refractivity contribution in [3.63, 3.8) is 0 Å². The SMILES string of the molecule is COCCCN(CCOC)C(CN)c1ccc(C)c(F)c1. The second kappa shape index (κ2) is 9.84. The molecule has 0 saturated heterocycles. The van der Waals surface area contributed by atoms with Crippen LogP contribution in [0.2, 0.25) is 0 Å². The van der Waals surface area contributed by atoms with Gasteiger partial charge >= 0.3 is 0 Å². The minimum absolute atomic E-state index is 0.00731. The molecule has 1 atom stereocenters. The molecule has 0 fully saturated rings. The number of rotatable bonds is 10. The van der Waals surface area contributed by atoms with Crippen molar-refractivity contribution in [2.75, 3.05) is 47.1 Å². The van der Waals surface area contributed by atoms with Crippen LogP contribution < -0.4 is 5.73 Å². The predicted molar refractivity (Wildman–Crippen MR) is 82.9 cm³/mol. The van der Waals surface area contributed by atoms with Crippen molar-refractivity contribution in [3.05, 3.63) is 35.1 Å². The maximum atomic E-state index is 13.8. The van der Waals surface area contributed by atoms with Crippen molar-refractivity contribution in [3.8, 4) is 0 Å². The van der Waals surface area contributed by atoms with Crippen LogP contribution in [0.3, 0.4) is 0 Å². The summed E-state index contributed by atoms with van der Waals surface area (Å²) < 4.78 is 24.1. The van der Waals surface area contributed by atoms with Crippen LogP contribution in [-0.4, -0.2) is 52.0 Å². The summed E-state index contributed by atoms with van der Waals surface area (Å²) in [5, 5.41) is 0. The topological polar surface area (TPSA) is 47.7 Å². The fourth-order valence-corrected chi connectivity index (χ4v) is 2.36. The quantitative estimate of drug-likeness (QED) is 0.672. The lowest BCUT2D eigenvalue weighted by molar-refractivity contribution is 0.108. The van der Waals surface area contributed by atoms with Gasteiger partial charge in [0.05, 0.1) is 6.61 Å². The van der Waals surface area contributed by atoms with Gasteiger partial charge in [-0.3, -0.25) is 4.90 Å². The Morgan fingerprint density at radius 1 is 1.19 bits per heavy atom. The highest BCUT2D eigenvalue weighted by Crippen LogP contribution is 2.22. The van der Waals surface area contributed by atoms with Gasteiger partial charge in [0, 0.05) is 46.5 Å². The number of halogens is 1. The zero-order valence-corrected chi connectivity index (χ0v) is 13.3. The lowest BCUT2D eigenvalue weighted by Crippen LogP contribution is -2.37. The normalized spacial score (nSPS) is 12.9. The van der Waals surface area contributed by atoms with Crippen LogP contribution in [-0.2, 0) is 9.47 Å². The third-order valence-corrected chi connectivity index (χ3v) is 3.62. The first kappa shape index (κ1) is 18.0. The molecule has 2 N–H and O–H groups in total. The zero-order chi connectivity index (χ0) is 15.7. The predicted octanol–water partition coefficient (Wildman–Crippen LogP) is 2.12. The number of nitrogens with two attached hydrogens (primary N) is 1. The number of hydrogen-bond donors (Lipinski definition) is 1. The molecule has 0 saturated carbocycles. The number of methoxy groups -OCH3 is 2. The fourth-order valence-electron chi connectivity index (χ4n) is 2.36. The van der Waals surface area contributed by atoms with Gasteiger partial charge in [0.2, 0.25) is 0 Å². The van der Waals surface area contributed by atoms with E-state index in [1.54, 1.807) is 33.3 Å². The summed E-state index contributed by atoms with van der Waals surface area (Å²) in [6.45, 7) is 5.13. The molecule has 1 aromatic rings. The molecule has 0 amide bonds. The van der Waals surface area contributed by atoms with Gasteiger partial charge in [-0.15, -0.1) is 0 Å². The van der Waals surface area contributed by atoms with E-state index in [0.29, 0.717) is 25.3 Å². The van der Waals surface area contributed by atoms with Crippen LogP contribution in [0.1, 0.15) is 23.6 Å². The number of hydrogen-bond acceptors (Lipinski definition) is 4. The first-order valence-electron chi connectivity index (χ1n) is 7.32. The van der Waals surface area contributed by atoms with E-state index in [4.69, 9.17) is 15.2 Å². The molecule has 21 heavy (non-hydrogen) atoms. The second-order valence-corrected chi connectivity index (χ2v) is 5.14. The lowest BCUT2D eigenvalue weighted by Gasteiger charge is -2.31. The molecular formula is C16H27FN2O2. The van der Waals surface area contributed by atoms with E-state index in [0.717, 1.165) is 25.1 Å². The van der Waals surface area contributed by atoms with E-state index in [2.05, 4.69) is 4.90 Å². The monoisotopic (exact) mass is 298 g/mol. The highest BCUT2D eigenvalue weighted by atomic mass is 19.1. The highest BCUT2D eigenvalue weighted by molar-refractivity contribution is 5.26. The minimum atomic E-state index is -0.186. The molecule has 0 spiro atoms. The molecule has 120 valence electrons. The summed E-state index contributed by atoms with van der Waals surface area (Å²) in [6.07, 6.45) is 0.908. The van der Waals surface area contributed by atoms with Crippen LogP contribution in [0.4, 0.5) is 4.39 Å². The summed E-state index contributed by atoms with van der Waals surface area (Å²) in [7, 11) is 3.37. The van der Waals surface area contributed by atoms with Gasteiger partial charge in [-0.25, -0.2) is 4.39 Å². The lowest BCUT2D eigenvalue weighted by atomic mass is 10.0. The van der Waals surface area contributed by atoms with Crippen molar-refractivity contribution < 1.29 is 13.9 Å². The van der Waals surface area contributed by atoms with E-state index in [1.165, 1.54) is 0 Å². The maximum absolute atomic E-state index is 13.8. The second-order valence-electron chi connectivity index (χ2n) is 5.14. The standard InChI is InChI=1S/C16H27FN2O2/c1-13-5-6-14(11-15(13)17)16(12-18)19(8-10-21-3)7-4-9-20-2/h5-6,11,16H,4,7-10,12,18H2,1-3H3. The average molecular weight is 298 g/mol. The van der Waals surface area contributed by atoms with Gasteiger partial charge in [0.15, 0.2) is 0 Å². The highest BCUT2D eigenvalue weighted by Gasteiger charge is 2.19. The van der Waals surface area contributed by atoms with Gasteiger partial charge in [0.1, 0.15) is 5.82 Å². The minimum Gasteiger partial charge on any atom is -0.385 e. The molecule has 0 radical (unpaired) electrons. The largest absolute Gasteiger partial charge is 0.385 e. The molecule has 0 aliphatic carbocycles. The summed E-state index contributed by atoms with van der Waals surface area (Å²) in [6, 6.07) is 5.33. The van der Waals surface area contributed by atoms with Crippen LogP contribution >= 0.6 is 0 Å². The smallest absolute Gasteiger partial charge is 0.126 e. The van der Waals surface area contributed by atoms with Crippen molar-refractivity contribution in [2.45, 2.75) is 19.4 Å². The Bertz CT molecular complexity index is 415. The third kappa shape index (κ3) is 5.71. The van der Waals surface area contributed by atoms with Crippen LogP contribution in [0.15, 0.2) is 18.2 Å². The number of nitrogens with zero attached hydrogens (tertiary/aromatic N) is 1. The van der Waals surface area contributed by atoms with E-state index >= 15 is 0 Å². The van der Waals surface area contributed by atoms with Crippen molar-refractivity contribution in [1.82, 2.24) is 4.90 Å². The number of benzene rings is 1. The Labute approximate surface area is 127 Å². The number of aryl methyl sites for hydroxylation is 1. The van der Waals surface area contributed by atoms with Gasteiger partial charge in [-0.1, -0.05) is 12.1 Å². The molecule has 0 bridgehead atoms. The summed E-state index contributed by atoms with van der Waals surface area (Å²) in [5.74, 6) is -0.186. The average Bonchev–Trinajstić information content (AvgIpc) is 2.48.